The lowest BCUT2D eigenvalue weighted by Crippen LogP contribution is -2.17. The molecule has 0 aliphatic rings. The number of carbonyl (C=O) groups excluding carboxylic acids is 2. The second-order valence-corrected chi connectivity index (χ2v) is 6.20. The van der Waals surface area contributed by atoms with E-state index in [2.05, 4.69) is 20.6 Å². The number of rotatable bonds is 4. The van der Waals surface area contributed by atoms with Gasteiger partial charge in [-0.3, -0.25) is 19.6 Å². The van der Waals surface area contributed by atoms with Gasteiger partial charge in [-0.25, -0.2) is 4.39 Å². The van der Waals surface area contributed by atoms with Gasteiger partial charge in [0, 0.05) is 23.3 Å². The predicted molar refractivity (Wildman–Crippen MR) is 108 cm³/mol. The summed E-state index contributed by atoms with van der Waals surface area (Å²) in [5.41, 5.74) is 1.48. The first-order valence-electron chi connectivity index (χ1n) is 8.79. The van der Waals surface area contributed by atoms with Crippen LogP contribution in [-0.4, -0.2) is 21.8 Å². The SMILES string of the molecule is O=C(Nc1ccccc1F)c1ccnc(C(=O)Nc2cccc3cccnc23)c1. The van der Waals surface area contributed by atoms with E-state index in [0.29, 0.717) is 11.2 Å². The van der Waals surface area contributed by atoms with Crippen LogP contribution in [0.3, 0.4) is 0 Å². The smallest absolute Gasteiger partial charge is 0.274 e. The Morgan fingerprint density at radius 1 is 0.759 bits per heavy atom. The van der Waals surface area contributed by atoms with Gasteiger partial charge in [0.05, 0.1) is 16.9 Å². The number of fused-ring (bicyclic) bond motifs is 1. The number of carbonyl (C=O) groups is 2. The molecule has 0 aliphatic carbocycles. The molecule has 0 atom stereocenters. The zero-order valence-corrected chi connectivity index (χ0v) is 15.1. The minimum absolute atomic E-state index is 0.0547. The molecule has 2 amide bonds. The molecule has 0 bridgehead atoms. The summed E-state index contributed by atoms with van der Waals surface area (Å²) in [5.74, 6) is -1.57. The normalized spacial score (nSPS) is 10.5. The monoisotopic (exact) mass is 386 g/mol. The maximum Gasteiger partial charge on any atom is 0.274 e. The number of pyridine rings is 2. The van der Waals surface area contributed by atoms with Gasteiger partial charge in [0.1, 0.15) is 11.5 Å². The molecule has 4 aromatic rings. The highest BCUT2D eigenvalue weighted by Gasteiger charge is 2.14. The highest BCUT2D eigenvalue weighted by atomic mass is 19.1. The van der Waals surface area contributed by atoms with E-state index in [4.69, 9.17) is 0 Å². The first-order chi connectivity index (χ1) is 14.1. The third-order valence-electron chi connectivity index (χ3n) is 4.26. The van der Waals surface area contributed by atoms with Crippen LogP contribution in [0.2, 0.25) is 0 Å². The van der Waals surface area contributed by atoms with Gasteiger partial charge >= 0.3 is 0 Å². The second kappa shape index (κ2) is 7.85. The zero-order chi connectivity index (χ0) is 20.2. The summed E-state index contributed by atoms with van der Waals surface area (Å²) in [7, 11) is 0. The Morgan fingerprint density at radius 3 is 2.38 bits per heavy atom. The fraction of sp³-hybridized carbons (Fsp3) is 0. The largest absolute Gasteiger partial charge is 0.319 e. The van der Waals surface area contributed by atoms with E-state index in [1.807, 2.05) is 24.3 Å². The molecule has 0 radical (unpaired) electrons. The summed E-state index contributed by atoms with van der Waals surface area (Å²) in [6.45, 7) is 0. The zero-order valence-electron chi connectivity index (χ0n) is 15.1. The van der Waals surface area contributed by atoms with Crippen molar-refractivity contribution in [1.29, 1.82) is 0 Å². The number of aromatic nitrogens is 2. The molecule has 29 heavy (non-hydrogen) atoms. The number of nitrogens with one attached hydrogen (secondary N) is 2. The number of hydrogen-bond acceptors (Lipinski definition) is 4. The van der Waals surface area contributed by atoms with Crippen LogP contribution in [-0.2, 0) is 0 Å². The quantitative estimate of drug-likeness (QED) is 0.549. The topological polar surface area (TPSA) is 84.0 Å². The minimum Gasteiger partial charge on any atom is -0.319 e. The van der Waals surface area contributed by atoms with Crippen molar-refractivity contribution < 1.29 is 14.0 Å². The number of benzene rings is 2. The molecule has 0 aliphatic heterocycles. The molecule has 2 N–H and O–H groups in total. The minimum atomic E-state index is -0.545. The maximum atomic E-state index is 13.7. The van der Waals surface area contributed by atoms with Crippen LogP contribution < -0.4 is 10.6 Å². The van der Waals surface area contributed by atoms with Crippen molar-refractivity contribution in [2.45, 2.75) is 0 Å². The van der Waals surface area contributed by atoms with Crippen LogP contribution in [0.1, 0.15) is 20.8 Å². The van der Waals surface area contributed by atoms with Crippen LogP contribution in [0, 0.1) is 5.82 Å². The van der Waals surface area contributed by atoms with Crippen LogP contribution in [0.15, 0.2) is 79.1 Å². The van der Waals surface area contributed by atoms with E-state index < -0.39 is 17.6 Å². The predicted octanol–water partition coefficient (Wildman–Crippen LogP) is 4.27. The molecule has 2 aromatic heterocycles. The number of amides is 2. The third kappa shape index (κ3) is 3.93. The summed E-state index contributed by atoms with van der Waals surface area (Å²) in [5, 5.41) is 6.14. The van der Waals surface area contributed by atoms with Crippen LogP contribution in [0.25, 0.3) is 10.9 Å². The van der Waals surface area contributed by atoms with Gasteiger partial charge in [-0.05, 0) is 36.4 Å². The van der Waals surface area contributed by atoms with Crippen molar-refractivity contribution in [1.82, 2.24) is 9.97 Å². The number of hydrogen-bond donors (Lipinski definition) is 2. The summed E-state index contributed by atoms with van der Waals surface area (Å²) in [6, 6.07) is 17.8. The van der Waals surface area contributed by atoms with Gasteiger partial charge in [0.25, 0.3) is 11.8 Å². The van der Waals surface area contributed by atoms with Crippen LogP contribution >= 0.6 is 0 Å². The van der Waals surface area contributed by atoms with Gasteiger partial charge in [0.15, 0.2) is 0 Å². The first kappa shape index (κ1) is 18.2. The summed E-state index contributed by atoms with van der Waals surface area (Å²) >= 11 is 0. The lowest BCUT2D eigenvalue weighted by molar-refractivity contribution is 0.102. The summed E-state index contributed by atoms with van der Waals surface area (Å²) < 4.78 is 13.7. The molecule has 7 heteroatoms. The molecule has 0 spiro atoms. The van der Waals surface area contributed by atoms with E-state index in [0.717, 1.165) is 5.39 Å². The Balaban J connectivity index is 1.56. The van der Waals surface area contributed by atoms with Crippen molar-refractivity contribution in [2.75, 3.05) is 10.6 Å². The van der Waals surface area contributed by atoms with Gasteiger partial charge in [-0.2, -0.15) is 0 Å². The van der Waals surface area contributed by atoms with Crippen molar-refractivity contribution in [3.63, 3.8) is 0 Å². The van der Waals surface area contributed by atoms with Crippen LogP contribution in [0.5, 0.6) is 0 Å². The molecular formula is C22H15FN4O2. The Labute approximate surface area is 165 Å². The van der Waals surface area contributed by atoms with Gasteiger partial charge in [-0.1, -0.05) is 30.3 Å². The standard InChI is InChI=1S/C22H15FN4O2/c23-16-7-1-2-8-17(16)26-21(28)15-10-12-24-19(13-15)22(29)27-18-9-3-5-14-6-4-11-25-20(14)18/h1-13H,(H,26,28)(H,27,29). The Bertz CT molecular complexity index is 1220. The second-order valence-electron chi connectivity index (χ2n) is 6.20. The fourth-order valence-corrected chi connectivity index (χ4v) is 2.84. The number of halogens is 1. The molecule has 6 nitrogen and oxygen atoms in total. The number of nitrogens with zero attached hydrogens (tertiary/aromatic N) is 2. The third-order valence-corrected chi connectivity index (χ3v) is 4.26. The lowest BCUT2D eigenvalue weighted by Gasteiger charge is -2.09. The molecular weight excluding hydrogens is 371 g/mol. The van der Waals surface area contributed by atoms with Crippen molar-refractivity contribution in [2.24, 2.45) is 0 Å². The first-order valence-corrected chi connectivity index (χ1v) is 8.79. The molecule has 0 fully saturated rings. The molecule has 4 rings (SSSR count). The molecule has 2 aromatic carbocycles. The van der Waals surface area contributed by atoms with E-state index >= 15 is 0 Å². The van der Waals surface area contributed by atoms with E-state index in [-0.39, 0.29) is 16.9 Å². The van der Waals surface area contributed by atoms with Gasteiger partial charge < -0.3 is 10.6 Å². The Kier molecular flexibility index (Phi) is 4.94. The lowest BCUT2D eigenvalue weighted by atomic mass is 10.1. The Morgan fingerprint density at radius 2 is 1.52 bits per heavy atom. The number of anilines is 2. The van der Waals surface area contributed by atoms with Crippen molar-refractivity contribution >= 4 is 34.1 Å². The van der Waals surface area contributed by atoms with Crippen molar-refractivity contribution in [3.05, 3.63) is 96.2 Å². The van der Waals surface area contributed by atoms with Crippen LogP contribution in [0.4, 0.5) is 15.8 Å². The average Bonchev–Trinajstić information content (AvgIpc) is 2.75. The highest BCUT2D eigenvalue weighted by Crippen LogP contribution is 2.21. The van der Waals surface area contributed by atoms with E-state index in [1.54, 1.807) is 18.3 Å². The fourth-order valence-electron chi connectivity index (χ4n) is 2.84. The van der Waals surface area contributed by atoms with E-state index in [1.165, 1.54) is 36.5 Å². The average molecular weight is 386 g/mol. The number of para-hydroxylation sites is 2. The summed E-state index contributed by atoms with van der Waals surface area (Å²) in [4.78, 5) is 33.4. The maximum absolute atomic E-state index is 13.7. The molecule has 2 heterocycles. The van der Waals surface area contributed by atoms with Gasteiger partial charge in [0.2, 0.25) is 0 Å². The molecule has 0 saturated carbocycles. The van der Waals surface area contributed by atoms with Gasteiger partial charge in [-0.15, -0.1) is 0 Å². The van der Waals surface area contributed by atoms with Crippen molar-refractivity contribution in [3.8, 4) is 0 Å². The van der Waals surface area contributed by atoms with E-state index in [9.17, 15) is 14.0 Å². The Hall–Kier alpha value is -4.13. The molecule has 0 saturated heterocycles. The molecule has 142 valence electrons. The summed E-state index contributed by atoms with van der Waals surface area (Å²) in [6.07, 6.45) is 3.00. The highest BCUT2D eigenvalue weighted by molar-refractivity contribution is 6.09. The molecule has 0 unspecified atom stereocenters.